The fraction of sp³-hybridized carbons (Fsp3) is 0.500. The Morgan fingerprint density at radius 3 is 2.54 bits per heavy atom. The molecule has 0 spiro atoms. The maximum atomic E-state index is 12.8. The Morgan fingerprint density at radius 2 is 1.92 bits per heavy atom. The lowest BCUT2D eigenvalue weighted by Crippen LogP contribution is -2.53. The number of aromatic nitrogens is 1. The molecule has 0 unspecified atom stereocenters. The monoisotopic (exact) mass is 354 g/mol. The van der Waals surface area contributed by atoms with E-state index in [1.54, 1.807) is 23.9 Å². The number of carbonyl (C=O) groups excluding carboxylic acids is 1. The molecule has 1 aliphatic heterocycles. The van der Waals surface area contributed by atoms with Crippen LogP contribution in [0.1, 0.15) is 54.8 Å². The van der Waals surface area contributed by atoms with E-state index in [0.29, 0.717) is 23.8 Å². The van der Waals surface area contributed by atoms with Crippen molar-refractivity contribution in [2.45, 2.75) is 45.6 Å². The molecule has 1 amide bonds. The molecule has 2 aromatic heterocycles. The molecule has 1 aliphatic rings. The fourth-order valence-corrected chi connectivity index (χ4v) is 3.55. The Morgan fingerprint density at radius 1 is 1.27 bits per heavy atom. The molecular formula is C20H26N4O2. The highest BCUT2D eigenvalue weighted by atomic mass is 16.4. The molecule has 1 N–H and O–H groups in total. The van der Waals surface area contributed by atoms with Crippen molar-refractivity contribution in [3.63, 3.8) is 0 Å². The van der Waals surface area contributed by atoms with Gasteiger partial charge in [-0.25, -0.2) is 0 Å². The summed E-state index contributed by atoms with van der Waals surface area (Å²) in [4.78, 5) is 15.2. The number of aryl methyl sites for hydroxylation is 1. The summed E-state index contributed by atoms with van der Waals surface area (Å²) in [5.41, 5.74) is 0.474. The van der Waals surface area contributed by atoms with E-state index < -0.39 is 0 Å². The molecule has 0 saturated carbocycles. The van der Waals surface area contributed by atoms with Crippen LogP contribution in [0.3, 0.4) is 0 Å². The van der Waals surface area contributed by atoms with Gasteiger partial charge in [0.25, 0.3) is 5.91 Å². The van der Waals surface area contributed by atoms with E-state index in [0.717, 1.165) is 13.1 Å². The van der Waals surface area contributed by atoms with Crippen molar-refractivity contribution in [1.82, 2.24) is 14.8 Å². The lowest BCUT2D eigenvalue weighted by molar-refractivity contribution is 0.0796. The molecule has 3 heterocycles. The van der Waals surface area contributed by atoms with E-state index in [9.17, 15) is 10.1 Å². The van der Waals surface area contributed by atoms with Gasteiger partial charge in [0.15, 0.2) is 0 Å². The number of hydrogen-bond acceptors (Lipinski definition) is 4. The number of likely N-dealkylation sites (tertiary alicyclic amines) is 1. The number of hydrogen-bond donors (Lipinski definition) is 1. The zero-order valence-corrected chi connectivity index (χ0v) is 15.7. The first kappa shape index (κ1) is 18.3. The van der Waals surface area contributed by atoms with E-state index in [-0.39, 0.29) is 17.0 Å². The molecule has 0 radical (unpaired) electrons. The van der Waals surface area contributed by atoms with Crippen molar-refractivity contribution in [2.75, 3.05) is 19.6 Å². The first-order valence-electron chi connectivity index (χ1n) is 9.14. The third-order valence-corrected chi connectivity index (χ3v) is 5.14. The number of nitrogens with one attached hydrogen (secondary N) is 1. The Labute approximate surface area is 154 Å². The summed E-state index contributed by atoms with van der Waals surface area (Å²) < 4.78 is 7.43. The SMILES string of the molecule is Cc1oc(-n2cccc2)c(C#N)c1C(=O)NCC(C)(C)N1CCCCC1. The second-order valence-electron chi connectivity index (χ2n) is 7.46. The quantitative estimate of drug-likeness (QED) is 0.894. The molecule has 2 aromatic rings. The summed E-state index contributed by atoms with van der Waals surface area (Å²) >= 11 is 0. The minimum Gasteiger partial charge on any atom is -0.443 e. The van der Waals surface area contributed by atoms with Crippen LogP contribution < -0.4 is 5.32 Å². The molecule has 6 heteroatoms. The van der Waals surface area contributed by atoms with Crippen LogP contribution in [0.25, 0.3) is 5.88 Å². The number of furan rings is 1. The normalized spacial score (nSPS) is 15.6. The number of nitrogens with zero attached hydrogens (tertiary/aromatic N) is 3. The Kier molecular flexibility index (Phi) is 5.19. The molecule has 6 nitrogen and oxygen atoms in total. The van der Waals surface area contributed by atoms with Gasteiger partial charge in [-0.2, -0.15) is 5.26 Å². The largest absolute Gasteiger partial charge is 0.443 e. The van der Waals surface area contributed by atoms with Crippen molar-refractivity contribution in [2.24, 2.45) is 0 Å². The van der Waals surface area contributed by atoms with Crippen LogP contribution in [-0.2, 0) is 0 Å². The first-order chi connectivity index (χ1) is 12.4. The van der Waals surface area contributed by atoms with Crippen molar-refractivity contribution in [3.05, 3.63) is 41.4 Å². The van der Waals surface area contributed by atoms with Crippen molar-refractivity contribution >= 4 is 5.91 Å². The van der Waals surface area contributed by atoms with Gasteiger partial charge < -0.3 is 9.73 Å². The summed E-state index contributed by atoms with van der Waals surface area (Å²) in [7, 11) is 0. The van der Waals surface area contributed by atoms with Crippen molar-refractivity contribution in [3.8, 4) is 12.0 Å². The summed E-state index contributed by atoms with van der Waals surface area (Å²) in [6.45, 7) is 8.68. The third-order valence-electron chi connectivity index (χ3n) is 5.14. The Bertz CT molecular complexity index is 806. The topological polar surface area (TPSA) is 74.2 Å². The third kappa shape index (κ3) is 3.54. The number of carbonyl (C=O) groups is 1. The maximum Gasteiger partial charge on any atom is 0.256 e. The molecule has 0 bridgehead atoms. The summed E-state index contributed by atoms with van der Waals surface area (Å²) in [5.74, 6) is 0.584. The van der Waals surface area contributed by atoms with Crippen molar-refractivity contribution < 1.29 is 9.21 Å². The minimum absolute atomic E-state index is 0.121. The van der Waals surface area contributed by atoms with Crippen LogP contribution >= 0.6 is 0 Å². The highest BCUT2D eigenvalue weighted by Gasteiger charge is 2.30. The summed E-state index contributed by atoms with van der Waals surface area (Å²) in [6.07, 6.45) is 7.27. The molecule has 1 saturated heterocycles. The number of piperidine rings is 1. The predicted octanol–water partition coefficient (Wildman–Crippen LogP) is 3.24. The Balaban J connectivity index is 1.77. The average Bonchev–Trinajstić information content (AvgIpc) is 3.27. The molecule has 0 aromatic carbocycles. The van der Waals surface area contributed by atoms with E-state index in [1.165, 1.54) is 19.3 Å². The highest BCUT2D eigenvalue weighted by Crippen LogP contribution is 2.26. The second-order valence-corrected chi connectivity index (χ2v) is 7.46. The molecule has 3 rings (SSSR count). The molecule has 0 aliphatic carbocycles. The standard InChI is InChI=1S/C20H26N4O2/c1-15-17(16(13-21)19(26-15)23-9-7-8-10-23)18(25)22-14-20(2,3)24-11-5-4-6-12-24/h7-10H,4-6,11-12,14H2,1-3H3,(H,22,25). The molecule has 138 valence electrons. The number of amides is 1. The molecule has 1 fully saturated rings. The van der Waals surface area contributed by atoms with Gasteiger partial charge in [0.05, 0.1) is 0 Å². The van der Waals surface area contributed by atoms with Gasteiger partial charge in [0.1, 0.15) is 23.0 Å². The minimum atomic E-state index is -0.258. The fourth-order valence-electron chi connectivity index (χ4n) is 3.55. The van der Waals surface area contributed by atoms with Crippen molar-refractivity contribution in [1.29, 1.82) is 5.26 Å². The van der Waals surface area contributed by atoms with Crippen LogP contribution in [0.4, 0.5) is 0 Å². The van der Waals surface area contributed by atoms with Gasteiger partial charge in [-0.05, 0) is 58.8 Å². The zero-order chi connectivity index (χ0) is 18.7. The average molecular weight is 354 g/mol. The number of nitriles is 1. The smallest absolute Gasteiger partial charge is 0.256 e. The summed E-state index contributed by atoms with van der Waals surface area (Å²) in [6, 6.07) is 5.82. The van der Waals surface area contributed by atoms with Crippen LogP contribution in [0.5, 0.6) is 0 Å². The highest BCUT2D eigenvalue weighted by molar-refractivity contribution is 5.98. The van der Waals surface area contributed by atoms with Crippen LogP contribution in [0.2, 0.25) is 0 Å². The van der Waals surface area contributed by atoms with E-state index >= 15 is 0 Å². The Hall–Kier alpha value is -2.52. The van der Waals surface area contributed by atoms with E-state index in [4.69, 9.17) is 4.42 Å². The first-order valence-corrected chi connectivity index (χ1v) is 9.14. The van der Waals surface area contributed by atoms with Crippen LogP contribution in [0, 0.1) is 18.3 Å². The van der Waals surface area contributed by atoms with Gasteiger partial charge in [0.2, 0.25) is 5.88 Å². The van der Waals surface area contributed by atoms with Gasteiger partial charge in [0, 0.05) is 24.5 Å². The van der Waals surface area contributed by atoms with E-state index in [1.807, 2.05) is 12.1 Å². The molecular weight excluding hydrogens is 328 g/mol. The van der Waals surface area contributed by atoms with Gasteiger partial charge in [-0.3, -0.25) is 14.3 Å². The molecule has 26 heavy (non-hydrogen) atoms. The van der Waals surface area contributed by atoms with Gasteiger partial charge >= 0.3 is 0 Å². The van der Waals surface area contributed by atoms with E-state index in [2.05, 4.69) is 30.1 Å². The zero-order valence-electron chi connectivity index (χ0n) is 15.7. The van der Waals surface area contributed by atoms with Crippen LogP contribution in [-0.4, -0.2) is 40.5 Å². The van der Waals surface area contributed by atoms with Gasteiger partial charge in [-0.15, -0.1) is 0 Å². The predicted molar refractivity (Wildman–Crippen MR) is 99.3 cm³/mol. The lowest BCUT2D eigenvalue weighted by atomic mass is 9.98. The van der Waals surface area contributed by atoms with Gasteiger partial charge in [-0.1, -0.05) is 6.42 Å². The lowest BCUT2D eigenvalue weighted by Gasteiger charge is -2.41. The maximum absolute atomic E-state index is 12.8. The summed E-state index contributed by atoms with van der Waals surface area (Å²) in [5, 5.41) is 12.6. The number of rotatable bonds is 5. The van der Waals surface area contributed by atoms with Crippen LogP contribution in [0.15, 0.2) is 28.9 Å². The second kappa shape index (κ2) is 7.38. The molecule has 0 atom stereocenters.